The van der Waals surface area contributed by atoms with E-state index in [1.165, 1.54) is 6.07 Å². The van der Waals surface area contributed by atoms with Crippen LogP contribution in [0.2, 0.25) is 0 Å². The predicted octanol–water partition coefficient (Wildman–Crippen LogP) is 1.22. The summed E-state index contributed by atoms with van der Waals surface area (Å²) in [6.45, 7) is 4.67. The molecule has 0 spiro atoms. The molecule has 2 rings (SSSR count). The summed E-state index contributed by atoms with van der Waals surface area (Å²) in [5.74, 6) is -0.211. The molecule has 1 aromatic rings. The van der Waals surface area contributed by atoms with Crippen LogP contribution in [0.15, 0.2) is 18.2 Å². The second-order valence-corrected chi connectivity index (χ2v) is 5.35. The third-order valence-electron chi connectivity index (χ3n) is 3.91. The van der Waals surface area contributed by atoms with Gasteiger partial charge < -0.3 is 15.6 Å². The lowest BCUT2D eigenvalue weighted by molar-refractivity contribution is -0.0282. The van der Waals surface area contributed by atoms with Crippen molar-refractivity contribution in [3.8, 4) is 0 Å². The highest BCUT2D eigenvalue weighted by Gasteiger charge is 2.22. The second kappa shape index (κ2) is 7.13. The van der Waals surface area contributed by atoms with Crippen molar-refractivity contribution in [3.63, 3.8) is 0 Å². The van der Waals surface area contributed by atoms with Crippen molar-refractivity contribution in [2.75, 3.05) is 32.9 Å². The van der Waals surface area contributed by atoms with Crippen molar-refractivity contribution in [2.45, 2.75) is 25.4 Å². The van der Waals surface area contributed by atoms with Crippen LogP contribution < -0.4 is 5.73 Å². The molecule has 1 aliphatic heterocycles. The predicted molar refractivity (Wildman–Crippen MR) is 75.9 cm³/mol. The van der Waals surface area contributed by atoms with Gasteiger partial charge in [-0.3, -0.25) is 4.90 Å². The molecule has 0 aromatic heterocycles. The van der Waals surface area contributed by atoms with Crippen LogP contribution in [-0.2, 0) is 4.74 Å². The molecule has 2 atom stereocenters. The topological polar surface area (TPSA) is 58.7 Å². The van der Waals surface area contributed by atoms with E-state index in [2.05, 4.69) is 4.90 Å². The molecule has 0 aliphatic carbocycles. The van der Waals surface area contributed by atoms with E-state index >= 15 is 0 Å². The van der Waals surface area contributed by atoms with Crippen molar-refractivity contribution in [2.24, 2.45) is 5.73 Å². The minimum absolute atomic E-state index is 0.0469. The zero-order valence-electron chi connectivity index (χ0n) is 11.9. The molecule has 0 saturated carbocycles. The van der Waals surface area contributed by atoms with Crippen molar-refractivity contribution < 1.29 is 14.2 Å². The molecule has 1 saturated heterocycles. The Balaban J connectivity index is 1.90. The van der Waals surface area contributed by atoms with Gasteiger partial charge in [0, 0.05) is 19.1 Å². The number of ether oxygens (including phenoxy) is 1. The third-order valence-corrected chi connectivity index (χ3v) is 3.91. The number of halogens is 1. The van der Waals surface area contributed by atoms with Crippen molar-refractivity contribution in [1.82, 2.24) is 4.90 Å². The molecule has 112 valence electrons. The molecule has 0 radical (unpaired) electrons. The molecular weight excluding hydrogens is 259 g/mol. The molecule has 1 aliphatic rings. The first-order valence-corrected chi connectivity index (χ1v) is 7.06. The van der Waals surface area contributed by atoms with Gasteiger partial charge in [-0.25, -0.2) is 4.39 Å². The lowest BCUT2D eigenvalue weighted by Gasteiger charge is -2.35. The Morgan fingerprint density at radius 3 is 3.05 bits per heavy atom. The summed E-state index contributed by atoms with van der Waals surface area (Å²) in [6, 6.07) is 5.02. The van der Waals surface area contributed by atoms with Crippen molar-refractivity contribution in [1.29, 1.82) is 0 Å². The summed E-state index contributed by atoms with van der Waals surface area (Å²) in [6.07, 6.45) is 0.735. The summed E-state index contributed by atoms with van der Waals surface area (Å²) in [4.78, 5) is 2.19. The van der Waals surface area contributed by atoms with Gasteiger partial charge in [0.1, 0.15) is 5.82 Å². The van der Waals surface area contributed by atoms with E-state index in [1.807, 2.05) is 6.07 Å². The van der Waals surface area contributed by atoms with Crippen LogP contribution in [0.3, 0.4) is 0 Å². The summed E-state index contributed by atoms with van der Waals surface area (Å²) in [7, 11) is 0. The fourth-order valence-corrected chi connectivity index (χ4v) is 2.46. The third kappa shape index (κ3) is 3.76. The van der Waals surface area contributed by atoms with Gasteiger partial charge in [-0.05, 0) is 30.5 Å². The van der Waals surface area contributed by atoms with Crippen molar-refractivity contribution in [3.05, 3.63) is 35.1 Å². The molecule has 20 heavy (non-hydrogen) atoms. The Morgan fingerprint density at radius 2 is 2.35 bits per heavy atom. The van der Waals surface area contributed by atoms with Crippen LogP contribution >= 0.6 is 0 Å². The Kier molecular flexibility index (Phi) is 5.48. The largest absolute Gasteiger partial charge is 0.395 e. The fourth-order valence-electron chi connectivity index (χ4n) is 2.46. The van der Waals surface area contributed by atoms with Crippen LogP contribution in [0, 0.1) is 12.7 Å². The Labute approximate surface area is 119 Å². The summed E-state index contributed by atoms with van der Waals surface area (Å²) >= 11 is 0. The number of rotatable bonds is 5. The molecule has 0 bridgehead atoms. The lowest BCUT2D eigenvalue weighted by atomic mass is 10.0. The number of nitrogens with zero attached hydrogens (tertiary/aromatic N) is 1. The second-order valence-electron chi connectivity index (χ2n) is 5.35. The number of hydrogen-bond acceptors (Lipinski definition) is 4. The quantitative estimate of drug-likeness (QED) is 0.852. The van der Waals surface area contributed by atoms with Gasteiger partial charge in [0.05, 0.1) is 25.9 Å². The van der Waals surface area contributed by atoms with Gasteiger partial charge in [0.25, 0.3) is 0 Å². The van der Waals surface area contributed by atoms with E-state index < -0.39 is 0 Å². The van der Waals surface area contributed by atoms with Gasteiger partial charge in [0.15, 0.2) is 0 Å². The van der Waals surface area contributed by atoms with Gasteiger partial charge in [-0.2, -0.15) is 0 Å². The average Bonchev–Trinajstić information content (AvgIpc) is 2.47. The highest BCUT2D eigenvalue weighted by Crippen LogP contribution is 2.19. The maximum absolute atomic E-state index is 13.5. The SMILES string of the molecule is Cc1ccc(C(N)CCN2CCOCC2CO)cc1F. The van der Waals surface area contributed by atoms with Crippen molar-refractivity contribution >= 4 is 0 Å². The van der Waals surface area contributed by atoms with E-state index in [9.17, 15) is 9.50 Å². The molecule has 2 unspecified atom stereocenters. The van der Waals surface area contributed by atoms with E-state index in [-0.39, 0.29) is 24.5 Å². The molecule has 5 heteroatoms. The van der Waals surface area contributed by atoms with E-state index in [1.54, 1.807) is 13.0 Å². The highest BCUT2D eigenvalue weighted by molar-refractivity contribution is 5.25. The normalized spacial score (nSPS) is 21.9. The van der Waals surface area contributed by atoms with Crippen LogP contribution in [0.4, 0.5) is 4.39 Å². The summed E-state index contributed by atoms with van der Waals surface area (Å²) in [5.41, 5.74) is 7.59. The van der Waals surface area contributed by atoms with E-state index in [4.69, 9.17) is 10.5 Å². The summed E-state index contributed by atoms with van der Waals surface area (Å²) < 4.78 is 18.9. The molecule has 0 amide bonds. The molecule has 3 N–H and O–H groups in total. The number of aliphatic hydroxyl groups is 1. The highest BCUT2D eigenvalue weighted by atomic mass is 19.1. The number of aliphatic hydroxyl groups excluding tert-OH is 1. The first-order chi connectivity index (χ1) is 9.61. The first-order valence-electron chi connectivity index (χ1n) is 7.06. The van der Waals surface area contributed by atoms with E-state index in [0.29, 0.717) is 18.8 Å². The van der Waals surface area contributed by atoms with Gasteiger partial charge in [-0.15, -0.1) is 0 Å². The fraction of sp³-hybridized carbons (Fsp3) is 0.600. The smallest absolute Gasteiger partial charge is 0.126 e. The van der Waals surface area contributed by atoms with Crippen LogP contribution in [0.25, 0.3) is 0 Å². The molecular formula is C15H23FN2O2. The summed E-state index contributed by atoms with van der Waals surface area (Å²) in [5, 5.41) is 9.31. The maximum Gasteiger partial charge on any atom is 0.126 e. The number of aryl methyl sites for hydroxylation is 1. The molecule has 1 heterocycles. The van der Waals surface area contributed by atoms with Crippen LogP contribution in [-0.4, -0.2) is 49.0 Å². The number of benzene rings is 1. The minimum Gasteiger partial charge on any atom is -0.395 e. The Hall–Kier alpha value is -1.01. The lowest BCUT2D eigenvalue weighted by Crippen LogP contribution is -2.48. The first kappa shape index (κ1) is 15.4. The van der Waals surface area contributed by atoms with E-state index in [0.717, 1.165) is 25.1 Å². The molecule has 4 nitrogen and oxygen atoms in total. The van der Waals surface area contributed by atoms with Crippen LogP contribution in [0.5, 0.6) is 0 Å². The van der Waals surface area contributed by atoms with Gasteiger partial charge in [0.2, 0.25) is 0 Å². The van der Waals surface area contributed by atoms with Gasteiger partial charge >= 0.3 is 0 Å². The standard InChI is InChI=1S/C15H23FN2O2/c1-11-2-3-12(8-14(11)16)15(17)4-5-18-6-7-20-10-13(18)9-19/h2-3,8,13,15,19H,4-7,9-10,17H2,1H3. The van der Waals surface area contributed by atoms with Crippen LogP contribution in [0.1, 0.15) is 23.6 Å². The zero-order chi connectivity index (χ0) is 14.5. The zero-order valence-corrected chi connectivity index (χ0v) is 11.9. The number of nitrogens with two attached hydrogens (primary N) is 1. The maximum atomic E-state index is 13.5. The van der Waals surface area contributed by atoms with Gasteiger partial charge in [-0.1, -0.05) is 12.1 Å². The molecule has 1 fully saturated rings. The Morgan fingerprint density at radius 1 is 1.55 bits per heavy atom. The monoisotopic (exact) mass is 282 g/mol. The number of hydrogen-bond donors (Lipinski definition) is 2. The Bertz CT molecular complexity index is 442. The average molecular weight is 282 g/mol. The number of morpholine rings is 1. The minimum atomic E-state index is -0.211. The molecule has 1 aromatic carbocycles.